The van der Waals surface area contributed by atoms with E-state index in [-0.39, 0.29) is 11.9 Å². The number of benzene rings is 4. The molecule has 192 valence electrons. The second-order valence-corrected chi connectivity index (χ2v) is 11.7. The molecule has 7 heteroatoms. The van der Waals surface area contributed by atoms with Crippen LogP contribution in [0.2, 0.25) is 5.02 Å². The Labute approximate surface area is 248 Å². The summed E-state index contributed by atoms with van der Waals surface area (Å²) in [6.07, 6.45) is 0.541. The predicted molar refractivity (Wildman–Crippen MR) is 165 cm³/mol. The van der Waals surface area contributed by atoms with Gasteiger partial charge in [0, 0.05) is 37.6 Å². The Morgan fingerprint density at radius 2 is 1.56 bits per heavy atom. The van der Waals surface area contributed by atoms with Crippen LogP contribution in [0.3, 0.4) is 0 Å². The van der Waals surface area contributed by atoms with Gasteiger partial charge in [0.1, 0.15) is 0 Å². The van der Waals surface area contributed by atoms with Crippen molar-refractivity contribution in [2.45, 2.75) is 19.4 Å². The van der Waals surface area contributed by atoms with Gasteiger partial charge in [0.05, 0.1) is 27.9 Å². The van der Waals surface area contributed by atoms with Crippen molar-refractivity contribution in [2.24, 2.45) is 5.10 Å². The minimum absolute atomic E-state index is 0.237. The maximum Gasteiger partial charge on any atom is 0.276 e. The van der Waals surface area contributed by atoms with E-state index >= 15 is 0 Å². The summed E-state index contributed by atoms with van der Waals surface area (Å²) in [6.45, 7) is 2.01. The standard InChI is InChI=1S/C32H22Br2ClN3O/c1-19-30(31(21-7-3-2-4-8-21)25-17-23(34)15-16-27(25)36-19)28-18-29(20-11-13-22(33)14-12-20)38(37-28)32(39)24-9-5-6-10-26(24)35/h2-17,29H,18H2,1H3/t29-/m1/s1. The summed E-state index contributed by atoms with van der Waals surface area (Å²) < 4.78 is 1.95. The van der Waals surface area contributed by atoms with Gasteiger partial charge in [0.2, 0.25) is 0 Å². The Hall–Kier alpha value is -3.32. The lowest BCUT2D eigenvalue weighted by Crippen LogP contribution is -2.27. The van der Waals surface area contributed by atoms with Crippen LogP contribution in [0, 0.1) is 6.92 Å². The van der Waals surface area contributed by atoms with Crippen LogP contribution in [-0.4, -0.2) is 21.6 Å². The van der Waals surface area contributed by atoms with Crippen molar-refractivity contribution in [3.8, 4) is 11.1 Å². The molecule has 0 bridgehead atoms. The average molecular weight is 660 g/mol. The number of hydrogen-bond acceptors (Lipinski definition) is 3. The molecule has 1 atom stereocenters. The van der Waals surface area contributed by atoms with Crippen molar-refractivity contribution in [3.63, 3.8) is 0 Å². The number of pyridine rings is 1. The highest BCUT2D eigenvalue weighted by Crippen LogP contribution is 2.41. The van der Waals surface area contributed by atoms with E-state index in [0.717, 1.165) is 53.5 Å². The molecule has 1 aliphatic rings. The van der Waals surface area contributed by atoms with Gasteiger partial charge in [-0.05, 0) is 60.5 Å². The Balaban J connectivity index is 1.57. The van der Waals surface area contributed by atoms with Crippen LogP contribution in [-0.2, 0) is 0 Å². The Morgan fingerprint density at radius 3 is 2.31 bits per heavy atom. The van der Waals surface area contributed by atoms with E-state index < -0.39 is 0 Å². The maximum atomic E-state index is 13.9. The number of nitrogens with zero attached hydrogens (tertiary/aromatic N) is 3. The molecule has 0 N–H and O–H groups in total. The first-order valence-corrected chi connectivity index (χ1v) is 14.4. The number of carbonyl (C=O) groups is 1. The average Bonchev–Trinajstić information content (AvgIpc) is 3.38. The number of hydrazone groups is 1. The molecule has 2 heterocycles. The molecule has 5 aromatic rings. The first-order chi connectivity index (χ1) is 18.9. The fourth-order valence-corrected chi connectivity index (χ4v) is 6.01. The van der Waals surface area contributed by atoms with Crippen molar-refractivity contribution in [1.29, 1.82) is 0 Å². The highest BCUT2D eigenvalue weighted by molar-refractivity contribution is 9.10. The summed E-state index contributed by atoms with van der Waals surface area (Å²) in [5.74, 6) is -0.237. The quantitative estimate of drug-likeness (QED) is 0.193. The van der Waals surface area contributed by atoms with Gasteiger partial charge in [0.25, 0.3) is 5.91 Å². The first-order valence-electron chi connectivity index (χ1n) is 12.5. The summed E-state index contributed by atoms with van der Waals surface area (Å²) in [5, 5.41) is 8.02. The molecule has 0 fully saturated rings. The monoisotopic (exact) mass is 657 g/mol. The summed E-state index contributed by atoms with van der Waals surface area (Å²) >= 11 is 13.6. The lowest BCUT2D eigenvalue weighted by atomic mass is 9.89. The lowest BCUT2D eigenvalue weighted by Gasteiger charge is -2.22. The van der Waals surface area contributed by atoms with Gasteiger partial charge in [-0.1, -0.05) is 98.1 Å². The van der Waals surface area contributed by atoms with Crippen LogP contribution < -0.4 is 0 Å². The fourth-order valence-electron chi connectivity index (χ4n) is 5.17. The molecule has 6 rings (SSSR count). The molecule has 1 aromatic heterocycles. The van der Waals surface area contributed by atoms with E-state index in [0.29, 0.717) is 17.0 Å². The number of amides is 1. The normalized spacial score (nSPS) is 15.0. The lowest BCUT2D eigenvalue weighted by molar-refractivity contribution is 0.0711. The molecule has 0 saturated carbocycles. The predicted octanol–water partition coefficient (Wildman–Crippen LogP) is 9.38. The molecule has 0 saturated heterocycles. The molecule has 4 aromatic carbocycles. The molecule has 1 aliphatic heterocycles. The molecular weight excluding hydrogens is 638 g/mol. The summed E-state index contributed by atoms with van der Waals surface area (Å²) in [6, 6.07) is 31.3. The number of carbonyl (C=O) groups excluding carboxylic acids is 1. The van der Waals surface area contributed by atoms with Gasteiger partial charge in [0.15, 0.2) is 0 Å². The summed E-state index contributed by atoms with van der Waals surface area (Å²) in [5.41, 5.74) is 7.08. The molecule has 1 amide bonds. The maximum absolute atomic E-state index is 13.9. The zero-order valence-corrected chi connectivity index (χ0v) is 24.8. The molecule has 0 spiro atoms. The van der Waals surface area contributed by atoms with E-state index in [4.69, 9.17) is 21.7 Å². The van der Waals surface area contributed by atoms with E-state index in [1.54, 1.807) is 17.1 Å². The fraction of sp³-hybridized carbons (Fsp3) is 0.0938. The van der Waals surface area contributed by atoms with Crippen molar-refractivity contribution in [2.75, 3.05) is 0 Å². The second-order valence-electron chi connectivity index (χ2n) is 9.42. The van der Waals surface area contributed by atoms with Crippen molar-refractivity contribution >= 4 is 66.0 Å². The van der Waals surface area contributed by atoms with Crippen LogP contribution >= 0.6 is 43.5 Å². The van der Waals surface area contributed by atoms with Gasteiger partial charge in [-0.15, -0.1) is 0 Å². The van der Waals surface area contributed by atoms with E-state index in [1.165, 1.54) is 0 Å². The first kappa shape index (κ1) is 25.9. The molecule has 0 radical (unpaired) electrons. The molecule has 39 heavy (non-hydrogen) atoms. The van der Waals surface area contributed by atoms with Gasteiger partial charge >= 0.3 is 0 Å². The third kappa shape index (κ3) is 4.93. The minimum atomic E-state index is -0.293. The van der Waals surface area contributed by atoms with Gasteiger partial charge in [-0.3, -0.25) is 9.78 Å². The topological polar surface area (TPSA) is 45.6 Å². The summed E-state index contributed by atoms with van der Waals surface area (Å²) in [7, 11) is 0. The van der Waals surface area contributed by atoms with Gasteiger partial charge in [-0.2, -0.15) is 5.10 Å². The van der Waals surface area contributed by atoms with Gasteiger partial charge in [-0.25, -0.2) is 5.01 Å². The number of hydrogen-bond donors (Lipinski definition) is 0. The van der Waals surface area contributed by atoms with E-state index in [1.807, 2.05) is 73.7 Å². The van der Waals surface area contributed by atoms with Crippen molar-refractivity contribution < 1.29 is 4.79 Å². The zero-order valence-electron chi connectivity index (χ0n) is 20.9. The zero-order chi connectivity index (χ0) is 27.1. The molecule has 0 aliphatic carbocycles. The molecule has 4 nitrogen and oxygen atoms in total. The molecular formula is C32H22Br2ClN3O. The third-order valence-corrected chi connectivity index (χ3v) is 8.31. The summed E-state index contributed by atoms with van der Waals surface area (Å²) in [4.78, 5) is 18.9. The van der Waals surface area contributed by atoms with Crippen LogP contribution in [0.4, 0.5) is 0 Å². The number of aryl methyl sites for hydroxylation is 1. The number of aromatic nitrogens is 1. The Kier molecular flexibility index (Phi) is 7.10. The van der Waals surface area contributed by atoms with Crippen molar-refractivity contribution in [3.05, 3.63) is 133 Å². The highest BCUT2D eigenvalue weighted by atomic mass is 79.9. The van der Waals surface area contributed by atoms with Crippen LogP contribution in [0.5, 0.6) is 0 Å². The third-order valence-electron chi connectivity index (χ3n) is 6.96. The molecule has 0 unspecified atom stereocenters. The SMILES string of the molecule is Cc1nc2ccc(Br)cc2c(-c2ccccc2)c1C1=NN(C(=O)c2ccccc2Cl)[C@@H](c2ccc(Br)cc2)C1. The van der Waals surface area contributed by atoms with Crippen LogP contribution in [0.15, 0.2) is 111 Å². The largest absolute Gasteiger partial charge is 0.276 e. The van der Waals surface area contributed by atoms with E-state index in [9.17, 15) is 4.79 Å². The number of halogens is 3. The number of fused-ring (bicyclic) bond motifs is 1. The van der Waals surface area contributed by atoms with Gasteiger partial charge < -0.3 is 0 Å². The van der Waals surface area contributed by atoms with Crippen LogP contribution in [0.25, 0.3) is 22.0 Å². The van der Waals surface area contributed by atoms with E-state index in [2.05, 4.69) is 50.1 Å². The number of rotatable bonds is 4. The Morgan fingerprint density at radius 1 is 0.872 bits per heavy atom. The minimum Gasteiger partial charge on any atom is -0.267 e. The van der Waals surface area contributed by atoms with Crippen molar-refractivity contribution in [1.82, 2.24) is 9.99 Å². The Bertz CT molecular complexity index is 1750. The second kappa shape index (κ2) is 10.7. The highest BCUT2D eigenvalue weighted by Gasteiger charge is 2.36. The smallest absolute Gasteiger partial charge is 0.267 e. The van der Waals surface area contributed by atoms with Crippen LogP contribution in [0.1, 0.15) is 39.6 Å².